The first-order valence-electron chi connectivity index (χ1n) is 12.2. The average molecular weight is 576 g/mol. The van der Waals surface area contributed by atoms with E-state index in [2.05, 4.69) is 17.2 Å². The highest BCUT2D eigenvalue weighted by Gasteiger charge is 2.29. The second-order valence-corrected chi connectivity index (χ2v) is 11.9. The summed E-state index contributed by atoms with van der Waals surface area (Å²) in [4.78, 5) is 55.6. The van der Waals surface area contributed by atoms with Crippen molar-refractivity contribution in [3.8, 4) is 0 Å². The maximum atomic E-state index is 12.7. The number of nitrogens with zero attached hydrogens (tertiary/aromatic N) is 2. The summed E-state index contributed by atoms with van der Waals surface area (Å²) >= 11 is 3.87. The molecule has 0 fully saturated rings. The zero-order valence-electron chi connectivity index (χ0n) is 21.4. The van der Waals surface area contributed by atoms with E-state index >= 15 is 0 Å². The van der Waals surface area contributed by atoms with E-state index in [1.165, 1.54) is 29.8 Å². The van der Waals surface area contributed by atoms with Gasteiger partial charge in [0.1, 0.15) is 11.5 Å². The van der Waals surface area contributed by atoms with Gasteiger partial charge in [-0.25, -0.2) is 4.79 Å². The molecule has 0 spiro atoms. The number of benzene rings is 1. The number of para-hydroxylation sites is 1. The number of fused-ring (bicyclic) bond motifs is 2. The highest BCUT2D eigenvalue weighted by molar-refractivity contribution is 8.00. The Labute approximate surface area is 232 Å². The van der Waals surface area contributed by atoms with Gasteiger partial charge in [0.2, 0.25) is 5.91 Å². The second kappa shape index (κ2) is 12.7. The van der Waals surface area contributed by atoms with Crippen molar-refractivity contribution in [2.45, 2.75) is 39.7 Å². The van der Waals surface area contributed by atoms with Crippen LogP contribution >= 0.6 is 34.4 Å². The van der Waals surface area contributed by atoms with Crippen LogP contribution in [0.3, 0.4) is 0 Å². The van der Waals surface area contributed by atoms with Crippen LogP contribution in [0, 0.1) is 5.92 Å². The van der Waals surface area contributed by atoms with E-state index in [0.717, 1.165) is 51.7 Å². The maximum absolute atomic E-state index is 12.7. The molecule has 2 heterocycles. The Morgan fingerprint density at radius 3 is 2.74 bits per heavy atom. The normalized spacial score (nSPS) is 15.2. The number of thiazole rings is 1. The van der Waals surface area contributed by atoms with E-state index in [4.69, 9.17) is 9.47 Å². The summed E-state index contributed by atoms with van der Waals surface area (Å²) in [6.45, 7) is 4.13. The van der Waals surface area contributed by atoms with Gasteiger partial charge in [0.05, 0.1) is 41.0 Å². The Hall–Kier alpha value is -2.96. The van der Waals surface area contributed by atoms with Gasteiger partial charge in [0.25, 0.3) is 5.91 Å². The molecule has 0 saturated carbocycles. The average Bonchev–Trinajstić information content (AvgIpc) is 3.40. The molecule has 0 aliphatic heterocycles. The number of ether oxygens (including phenoxy) is 2. The number of thiophene rings is 1. The molecule has 0 saturated heterocycles. The number of carbonyl (C=O) groups is 4. The molecule has 1 aliphatic carbocycles. The predicted octanol–water partition coefficient (Wildman–Crippen LogP) is 4.04. The minimum Gasteiger partial charge on any atom is -0.468 e. The van der Waals surface area contributed by atoms with Crippen LogP contribution in [0.1, 0.15) is 41.1 Å². The number of methoxy groups -OCH3 is 1. The molecule has 1 unspecified atom stereocenters. The van der Waals surface area contributed by atoms with E-state index in [9.17, 15) is 19.2 Å². The van der Waals surface area contributed by atoms with E-state index < -0.39 is 17.8 Å². The van der Waals surface area contributed by atoms with Crippen LogP contribution < -0.4 is 10.1 Å². The second-order valence-electron chi connectivity index (χ2n) is 8.84. The Balaban J connectivity index is 1.42. The minimum atomic E-state index is -0.444. The van der Waals surface area contributed by atoms with Gasteiger partial charge < -0.3 is 19.4 Å². The summed E-state index contributed by atoms with van der Waals surface area (Å²) in [6.07, 6.45) is 2.65. The van der Waals surface area contributed by atoms with Crippen molar-refractivity contribution < 1.29 is 28.7 Å². The molecule has 2 aromatic heterocycles. The van der Waals surface area contributed by atoms with Crippen LogP contribution in [0.25, 0.3) is 10.2 Å². The van der Waals surface area contributed by atoms with E-state index in [-0.39, 0.29) is 30.6 Å². The summed E-state index contributed by atoms with van der Waals surface area (Å²) in [5.74, 6) is -1.04. The van der Waals surface area contributed by atoms with Crippen LogP contribution in [-0.2, 0) is 43.2 Å². The van der Waals surface area contributed by atoms with Gasteiger partial charge in [-0.2, -0.15) is 4.99 Å². The molecule has 1 atom stereocenters. The number of rotatable bonds is 9. The number of amides is 2. The lowest BCUT2D eigenvalue weighted by atomic mass is 9.88. The number of carbonyl (C=O) groups excluding carboxylic acids is 4. The molecular weight excluding hydrogens is 547 g/mol. The molecule has 12 heteroatoms. The van der Waals surface area contributed by atoms with E-state index in [1.54, 1.807) is 11.5 Å². The van der Waals surface area contributed by atoms with Gasteiger partial charge in [0, 0.05) is 4.88 Å². The number of thioether (sulfide) groups is 1. The van der Waals surface area contributed by atoms with Crippen molar-refractivity contribution in [1.29, 1.82) is 0 Å². The van der Waals surface area contributed by atoms with Gasteiger partial charge in [-0.3, -0.25) is 14.4 Å². The summed E-state index contributed by atoms with van der Waals surface area (Å²) in [5, 5.41) is 3.38. The van der Waals surface area contributed by atoms with Crippen LogP contribution in [-0.4, -0.2) is 53.5 Å². The molecule has 3 aromatic rings. The number of esters is 2. The largest absolute Gasteiger partial charge is 0.468 e. The molecule has 38 heavy (non-hydrogen) atoms. The quantitative estimate of drug-likeness (QED) is 0.383. The SMILES string of the molecule is CCOC(=O)c1c(NC(=O)CSCC(=O)N=c2sc3ccccc3n2CC(=O)OC)sc2c1CCC(C)C2. The van der Waals surface area contributed by atoms with E-state index in [0.29, 0.717) is 21.3 Å². The molecular formula is C26H29N3O6S3. The third-order valence-corrected chi connectivity index (χ3v) is 9.17. The first-order valence-corrected chi connectivity index (χ1v) is 15.0. The Morgan fingerprint density at radius 2 is 1.97 bits per heavy atom. The molecule has 2 amide bonds. The van der Waals surface area contributed by atoms with Crippen LogP contribution in [0.15, 0.2) is 29.3 Å². The topological polar surface area (TPSA) is 116 Å². The first kappa shape index (κ1) is 28.1. The Kier molecular flexibility index (Phi) is 9.40. The molecule has 0 bridgehead atoms. The molecule has 9 nitrogen and oxygen atoms in total. The lowest BCUT2D eigenvalue weighted by molar-refractivity contribution is -0.141. The van der Waals surface area contributed by atoms with Crippen molar-refractivity contribution in [3.05, 3.63) is 45.1 Å². The number of hydrogen-bond acceptors (Lipinski definition) is 9. The summed E-state index contributed by atoms with van der Waals surface area (Å²) in [5.41, 5.74) is 2.22. The van der Waals surface area contributed by atoms with Crippen molar-refractivity contribution in [3.63, 3.8) is 0 Å². The lowest BCUT2D eigenvalue weighted by Gasteiger charge is -2.18. The molecule has 0 radical (unpaired) electrons. The monoisotopic (exact) mass is 575 g/mol. The fourth-order valence-electron chi connectivity index (χ4n) is 4.24. The summed E-state index contributed by atoms with van der Waals surface area (Å²) in [6, 6.07) is 7.47. The van der Waals surface area contributed by atoms with Crippen molar-refractivity contribution in [1.82, 2.24) is 4.57 Å². The van der Waals surface area contributed by atoms with Gasteiger partial charge >= 0.3 is 11.9 Å². The lowest BCUT2D eigenvalue weighted by Crippen LogP contribution is -2.23. The number of nitrogens with one attached hydrogen (secondary N) is 1. The number of hydrogen-bond donors (Lipinski definition) is 1. The van der Waals surface area contributed by atoms with Gasteiger partial charge in [-0.1, -0.05) is 30.4 Å². The third-order valence-electron chi connectivity index (χ3n) is 6.03. The summed E-state index contributed by atoms with van der Waals surface area (Å²) < 4.78 is 12.6. The van der Waals surface area contributed by atoms with Crippen molar-refractivity contribution in [2.75, 3.05) is 30.5 Å². The smallest absolute Gasteiger partial charge is 0.341 e. The highest BCUT2D eigenvalue weighted by atomic mass is 32.2. The minimum absolute atomic E-state index is 0.0108. The van der Waals surface area contributed by atoms with Crippen LogP contribution in [0.2, 0.25) is 0 Å². The Bertz CT molecular complexity index is 1440. The van der Waals surface area contributed by atoms with Crippen molar-refractivity contribution in [2.24, 2.45) is 10.9 Å². The van der Waals surface area contributed by atoms with E-state index in [1.807, 2.05) is 24.3 Å². The zero-order valence-corrected chi connectivity index (χ0v) is 23.9. The van der Waals surface area contributed by atoms with Crippen LogP contribution in [0.4, 0.5) is 5.00 Å². The summed E-state index contributed by atoms with van der Waals surface area (Å²) in [7, 11) is 1.31. The van der Waals surface area contributed by atoms with Crippen LogP contribution in [0.5, 0.6) is 0 Å². The predicted molar refractivity (Wildman–Crippen MR) is 150 cm³/mol. The number of anilines is 1. The Morgan fingerprint density at radius 1 is 1.18 bits per heavy atom. The third kappa shape index (κ3) is 6.54. The zero-order chi connectivity index (χ0) is 27.2. The van der Waals surface area contributed by atoms with Crippen molar-refractivity contribution >= 4 is 73.4 Å². The maximum Gasteiger partial charge on any atom is 0.341 e. The first-order chi connectivity index (χ1) is 18.3. The molecule has 4 rings (SSSR count). The van der Waals surface area contributed by atoms with Gasteiger partial charge in [-0.15, -0.1) is 23.1 Å². The van der Waals surface area contributed by atoms with Gasteiger partial charge in [0.15, 0.2) is 4.80 Å². The number of aromatic nitrogens is 1. The molecule has 202 valence electrons. The van der Waals surface area contributed by atoms with Gasteiger partial charge in [-0.05, 0) is 49.8 Å². The molecule has 1 aromatic carbocycles. The fraction of sp³-hybridized carbons (Fsp3) is 0.423. The molecule has 1 aliphatic rings. The standard InChI is InChI=1S/C26H29N3O6S3/c1-4-35-25(33)23-16-10-9-15(2)11-19(16)37-24(23)27-20(30)13-36-14-21(31)28-26-29(12-22(32)34-3)17-7-5-6-8-18(17)38-26/h5-8,15H,4,9-14H2,1-3H3,(H,27,30). The molecule has 1 N–H and O–H groups in total. The fourth-order valence-corrected chi connectivity index (χ4v) is 7.30. The highest BCUT2D eigenvalue weighted by Crippen LogP contribution is 2.40.